The Balaban J connectivity index is 0.00000127. The van der Waals surface area contributed by atoms with Crippen molar-refractivity contribution in [1.82, 2.24) is 10.3 Å². The molecule has 0 radical (unpaired) electrons. The molecule has 0 fully saturated rings. The van der Waals surface area contributed by atoms with Gasteiger partial charge in [0.25, 0.3) is 11.8 Å². The first kappa shape index (κ1) is 18.8. The van der Waals surface area contributed by atoms with Gasteiger partial charge in [-0.05, 0) is 46.3 Å². The molecule has 122 valence electrons. The lowest BCUT2D eigenvalue weighted by Crippen LogP contribution is -2.18. The summed E-state index contributed by atoms with van der Waals surface area (Å²) in [6.45, 7) is 4.00. The molecule has 1 aromatic heterocycles. The Morgan fingerprint density at radius 2 is 1.74 bits per heavy atom. The highest BCUT2D eigenvalue weighted by atomic mass is 79.9. The highest BCUT2D eigenvalue weighted by molar-refractivity contribution is 9.10. The predicted molar refractivity (Wildman–Crippen MR) is 91.0 cm³/mol. The molecule has 2 rings (SSSR count). The van der Waals surface area contributed by atoms with Crippen LogP contribution in [0.15, 0.2) is 41.1 Å². The number of hydrogen-bond acceptors (Lipinski definition) is 3. The van der Waals surface area contributed by atoms with Crippen molar-refractivity contribution < 1.29 is 14.0 Å². The van der Waals surface area contributed by atoms with E-state index in [1.54, 1.807) is 24.3 Å². The molecule has 5 nitrogen and oxygen atoms in total. The fraction of sp³-hybridized carbons (Fsp3) is 0.188. The van der Waals surface area contributed by atoms with Crippen molar-refractivity contribution in [2.24, 2.45) is 0 Å². The third-order valence-electron chi connectivity index (χ3n) is 2.70. The molecule has 0 aliphatic rings. The zero-order valence-corrected chi connectivity index (χ0v) is 14.6. The van der Waals surface area contributed by atoms with E-state index >= 15 is 0 Å². The number of carbonyl (C=O) groups excluding carboxylic acids is 2. The van der Waals surface area contributed by atoms with Crippen LogP contribution < -0.4 is 10.6 Å². The Morgan fingerprint density at radius 3 is 2.30 bits per heavy atom. The van der Waals surface area contributed by atoms with E-state index in [0.717, 1.165) is 6.20 Å². The van der Waals surface area contributed by atoms with Crippen LogP contribution in [0.1, 0.15) is 34.6 Å². The van der Waals surface area contributed by atoms with E-state index < -0.39 is 11.7 Å². The van der Waals surface area contributed by atoms with Gasteiger partial charge in [-0.1, -0.05) is 13.8 Å². The zero-order chi connectivity index (χ0) is 17.4. The van der Waals surface area contributed by atoms with E-state index in [9.17, 15) is 14.0 Å². The molecular formula is C16H17BrFN3O2. The third kappa shape index (κ3) is 5.14. The molecule has 1 heterocycles. The lowest BCUT2D eigenvalue weighted by atomic mass is 10.2. The fourth-order valence-electron chi connectivity index (χ4n) is 1.63. The second-order valence-corrected chi connectivity index (χ2v) is 4.91. The molecule has 0 bridgehead atoms. The van der Waals surface area contributed by atoms with Crippen molar-refractivity contribution in [3.63, 3.8) is 0 Å². The summed E-state index contributed by atoms with van der Waals surface area (Å²) in [6, 6.07) is 7.55. The minimum Gasteiger partial charge on any atom is -0.355 e. The summed E-state index contributed by atoms with van der Waals surface area (Å²) < 4.78 is 13.9. The van der Waals surface area contributed by atoms with Gasteiger partial charge in [0, 0.05) is 18.3 Å². The van der Waals surface area contributed by atoms with Crippen molar-refractivity contribution in [3.8, 4) is 0 Å². The number of rotatable bonds is 3. The van der Waals surface area contributed by atoms with Crippen LogP contribution in [0.4, 0.5) is 10.1 Å². The molecule has 7 heteroatoms. The van der Waals surface area contributed by atoms with Crippen molar-refractivity contribution in [1.29, 1.82) is 0 Å². The second kappa shape index (κ2) is 8.99. The number of nitrogens with zero attached hydrogens (tertiary/aromatic N) is 1. The number of pyridine rings is 1. The summed E-state index contributed by atoms with van der Waals surface area (Å²) in [6.07, 6.45) is 0.966. The predicted octanol–water partition coefficient (Wildman–Crippen LogP) is 3.62. The number of nitrogens with one attached hydrogen (secondary N) is 2. The maximum atomic E-state index is 13.5. The van der Waals surface area contributed by atoms with Gasteiger partial charge in [0.2, 0.25) is 0 Å². The summed E-state index contributed by atoms with van der Waals surface area (Å²) in [5.74, 6) is -1.53. The summed E-state index contributed by atoms with van der Waals surface area (Å²) in [4.78, 5) is 27.1. The largest absolute Gasteiger partial charge is 0.355 e. The van der Waals surface area contributed by atoms with E-state index in [4.69, 9.17) is 0 Å². The number of carbonyl (C=O) groups is 2. The van der Waals surface area contributed by atoms with Gasteiger partial charge in [0.05, 0.1) is 11.8 Å². The summed E-state index contributed by atoms with van der Waals surface area (Å²) in [7, 11) is 1.53. The fourth-order valence-corrected chi connectivity index (χ4v) is 1.97. The summed E-state index contributed by atoms with van der Waals surface area (Å²) in [5.41, 5.74) is 0.806. The summed E-state index contributed by atoms with van der Waals surface area (Å²) in [5, 5.41) is 5.04. The minimum absolute atomic E-state index is 0.118. The lowest BCUT2D eigenvalue weighted by Gasteiger charge is -2.07. The Labute approximate surface area is 142 Å². The van der Waals surface area contributed by atoms with Gasteiger partial charge in [-0.15, -0.1) is 0 Å². The van der Waals surface area contributed by atoms with Gasteiger partial charge in [0.1, 0.15) is 4.60 Å². The average Bonchev–Trinajstić information content (AvgIpc) is 2.58. The topological polar surface area (TPSA) is 71.1 Å². The van der Waals surface area contributed by atoms with Crippen LogP contribution in [0.5, 0.6) is 0 Å². The quantitative estimate of drug-likeness (QED) is 0.797. The molecule has 0 aliphatic heterocycles. The maximum absolute atomic E-state index is 13.5. The molecule has 1 aromatic carbocycles. The van der Waals surface area contributed by atoms with E-state index in [0.29, 0.717) is 15.9 Å². The molecule has 0 saturated carbocycles. The number of anilines is 1. The molecule has 0 saturated heterocycles. The van der Waals surface area contributed by atoms with Crippen LogP contribution in [0.3, 0.4) is 0 Å². The normalized spacial score (nSPS) is 9.43. The minimum atomic E-state index is -0.710. The van der Waals surface area contributed by atoms with Crippen LogP contribution in [0.25, 0.3) is 0 Å². The van der Waals surface area contributed by atoms with Gasteiger partial charge in [-0.25, -0.2) is 9.37 Å². The van der Waals surface area contributed by atoms with Crippen LogP contribution in [-0.2, 0) is 0 Å². The first-order valence-electron chi connectivity index (χ1n) is 6.96. The van der Waals surface area contributed by atoms with Gasteiger partial charge in [0.15, 0.2) is 5.82 Å². The molecule has 2 aromatic rings. The van der Waals surface area contributed by atoms with Crippen molar-refractivity contribution >= 4 is 33.4 Å². The molecule has 0 atom stereocenters. The van der Waals surface area contributed by atoms with Crippen LogP contribution in [-0.4, -0.2) is 23.8 Å². The molecule has 23 heavy (non-hydrogen) atoms. The average molecular weight is 382 g/mol. The maximum Gasteiger partial charge on any atom is 0.258 e. The van der Waals surface area contributed by atoms with Crippen LogP contribution >= 0.6 is 15.9 Å². The molecular weight excluding hydrogens is 365 g/mol. The lowest BCUT2D eigenvalue weighted by molar-refractivity contribution is 0.0962. The third-order valence-corrected chi connectivity index (χ3v) is 3.13. The zero-order valence-electron chi connectivity index (χ0n) is 13.0. The summed E-state index contributed by atoms with van der Waals surface area (Å²) >= 11 is 3.08. The molecule has 0 aliphatic carbocycles. The van der Waals surface area contributed by atoms with Gasteiger partial charge >= 0.3 is 0 Å². The Kier molecular flexibility index (Phi) is 7.34. The van der Waals surface area contributed by atoms with Gasteiger partial charge < -0.3 is 10.6 Å². The van der Waals surface area contributed by atoms with Crippen molar-refractivity contribution in [2.75, 3.05) is 12.4 Å². The Hall–Kier alpha value is -2.28. The highest BCUT2D eigenvalue weighted by Crippen LogP contribution is 2.15. The molecule has 0 spiro atoms. The van der Waals surface area contributed by atoms with Crippen molar-refractivity contribution in [2.45, 2.75) is 13.8 Å². The van der Waals surface area contributed by atoms with Gasteiger partial charge in [-0.3, -0.25) is 9.59 Å². The highest BCUT2D eigenvalue weighted by Gasteiger charge is 2.13. The first-order valence-corrected chi connectivity index (χ1v) is 7.75. The number of hydrogen-bond donors (Lipinski definition) is 2. The first-order chi connectivity index (χ1) is 11.0. The van der Waals surface area contributed by atoms with E-state index in [2.05, 4.69) is 31.5 Å². The Morgan fingerprint density at radius 1 is 1.13 bits per heavy atom. The van der Waals surface area contributed by atoms with E-state index in [1.807, 2.05) is 13.8 Å². The van der Waals surface area contributed by atoms with Crippen molar-refractivity contribution in [3.05, 3.63) is 58.1 Å². The Bertz CT molecular complexity index is 690. The number of halogens is 2. The van der Waals surface area contributed by atoms with Crippen LogP contribution in [0.2, 0.25) is 0 Å². The number of aromatic nitrogens is 1. The number of benzene rings is 1. The molecule has 2 amide bonds. The second-order valence-electron chi connectivity index (χ2n) is 4.10. The monoisotopic (exact) mass is 381 g/mol. The molecule has 0 unspecified atom stereocenters. The van der Waals surface area contributed by atoms with Gasteiger partial charge in [-0.2, -0.15) is 0 Å². The SMILES string of the molecule is CC.CNC(=O)c1ccc(NC(=O)c2cc(Br)ncc2F)cc1. The number of amides is 2. The van der Waals surface area contributed by atoms with E-state index in [-0.39, 0.29) is 11.5 Å². The molecule has 2 N–H and O–H groups in total. The van der Waals surface area contributed by atoms with Crippen LogP contribution in [0, 0.1) is 5.82 Å². The smallest absolute Gasteiger partial charge is 0.258 e. The van der Waals surface area contributed by atoms with E-state index in [1.165, 1.54) is 13.1 Å². The standard InChI is InChI=1S/C14H11BrFN3O2.C2H6/c1-17-13(20)8-2-4-9(5-3-8)19-14(21)10-6-12(15)18-7-11(10)16;1-2/h2-7H,1H3,(H,17,20)(H,19,21);1-2H3.